The van der Waals surface area contributed by atoms with Crippen LogP contribution >= 0.6 is 0 Å². The van der Waals surface area contributed by atoms with Crippen molar-refractivity contribution in [1.29, 1.82) is 0 Å². The van der Waals surface area contributed by atoms with Gasteiger partial charge in [0.15, 0.2) is 0 Å². The molecule has 3 fully saturated rings. The lowest BCUT2D eigenvalue weighted by atomic mass is 10.0. The molecule has 1 N–H and O–H groups in total. The number of nitrogens with one attached hydrogen (secondary N) is 1. The summed E-state index contributed by atoms with van der Waals surface area (Å²) in [4.78, 5) is 2.26. The van der Waals surface area contributed by atoms with E-state index in [1.165, 1.54) is 24.8 Å². The molecule has 2 saturated carbocycles. The fourth-order valence-electron chi connectivity index (χ4n) is 3.92. The van der Waals surface area contributed by atoms with E-state index in [4.69, 9.17) is 0 Å². The molecule has 0 bridgehead atoms. The number of likely N-dealkylation sites (tertiary alicyclic amines) is 1. The van der Waals surface area contributed by atoms with Gasteiger partial charge in [0.05, 0.1) is 0 Å². The minimum absolute atomic E-state index is 0.0369. The molecule has 1 aromatic carbocycles. The highest BCUT2D eigenvalue weighted by Crippen LogP contribution is 2.48. The summed E-state index contributed by atoms with van der Waals surface area (Å²) < 4.78 is 26.5. The molecule has 0 radical (unpaired) electrons. The van der Waals surface area contributed by atoms with E-state index in [1.54, 1.807) is 0 Å². The van der Waals surface area contributed by atoms with Gasteiger partial charge >= 0.3 is 0 Å². The van der Waals surface area contributed by atoms with Gasteiger partial charge in [-0.15, -0.1) is 0 Å². The molecule has 4 heteroatoms. The zero-order chi connectivity index (χ0) is 15.9. The molecule has 126 valence electrons. The van der Waals surface area contributed by atoms with Crippen LogP contribution in [0, 0.1) is 5.41 Å². The Labute approximate surface area is 137 Å². The number of nitrogens with zero attached hydrogens (tertiary/aromatic N) is 1. The normalized spacial score (nSPS) is 31.7. The average Bonchev–Trinajstić information content (AvgIpc) is 3.45. The van der Waals surface area contributed by atoms with Gasteiger partial charge in [0.25, 0.3) is 5.92 Å². The Hall–Kier alpha value is -1.00. The van der Waals surface area contributed by atoms with Gasteiger partial charge in [-0.3, -0.25) is 0 Å². The second-order valence-electron chi connectivity index (χ2n) is 7.87. The van der Waals surface area contributed by atoms with Crippen LogP contribution in [0.15, 0.2) is 30.3 Å². The molecule has 4 rings (SSSR count). The lowest BCUT2D eigenvalue weighted by Crippen LogP contribution is -2.44. The van der Waals surface area contributed by atoms with E-state index in [9.17, 15) is 8.78 Å². The van der Waals surface area contributed by atoms with E-state index in [0.29, 0.717) is 30.5 Å². The van der Waals surface area contributed by atoms with Crippen LogP contribution in [0.25, 0.3) is 0 Å². The van der Waals surface area contributed by atoms with Gasteiger partial charge in [-0.05, 0) is 30.2 Å². The van der Waals surface area contributed by atoms with E-state index in [2.05, 4.69) is 40.5 Å². The van der Waals surface area contributed by atoms with E-state index < -0.39 is 5.92 Å². The van der Waals surface area contributed by atoms with Crippen molar-refractivity contribution in [3.63, 3.8) is 0 Å². The fraction of sp³-hybridized carbons (Fsp3) is 0.684. The molecule has 3 aliphatic rings. The SMILES string of the molecule is FC1(F)CCN(CC2(CNC3C[C@@H]3c3ccccc3)CC2)CC1. The number of halogens is 2. The Kier molecular flexibility index (Phi) is 3.93. The quantitative estimate of drug-likeness (QED) is 0.861. The predicted molar refractivity (Wildman–Crippen MR) is 87.9 cm³/mol. The van der Waals surface area contributed by atoms with Crippen molar-refractivity contribution in [2.75, 3.05) is 26.2 Å². The fourth-order valence-corrected chi connectivity index (χ4v) is 3.92. The lowest BCUT2D eigenvalue weighted by Gasteiger charge is -2.34. The van der Waals surface area contributed by atoms with Crippen LogP contribution in [0.1, 0.15) is 43.6 Å². The standard InChI is InChI=1S/C19H26F2N2/c20-19(21)8-10-23(11-9-19)14-18(6-7-18)13-22-17-12-16(17)15-4-2-1-3-5-15/h1-5,16-17,22H,6-14H2/t16-,17?/m1/s1. The number of piperidine rings is 1. The lowest BCUT2D eigenvalue weighted by molar-refractivity contribution is -0.0580. The number of rotatable bonds is 6. The Morgan fingerprint density at radius 2 is 1.74 bits per heavy atom. The molecule has 1 aliphatic heterocycles. The van der Waals surface area contributed by atoms with Gasteiger partial charge in [0, 0.05) is 51.0 Å². The third kappa shape index (κ3) is 3.74. The molecule has 0 aromatic heterocycles. The topological polar surface area (TPSA) is 15.3 Å². The summed E-state index contributed by atoms with van der Waals surface area (Å²) in [5.74, 6) is -1.76. The Bertz CT molecular complexity index is 532. The molecule has 2 atom stereocenters. The second-order valence-corrected chi connectivity index (χ2v) is 7.87. The van der Waals surface area contributed by atoms with Crippen molar-refractivity contribution >= 4 is 0 Å². The van der Waals surface area contributed by atoms with Crippen LogP contribution in [0.5, 0.6) is 0 Å². The molecule has 1 heterocycles. The summed E-state index contributed by atoms with van der Waals surface area (Å²) >= 11 is 0. The molecule has 1 aromatic rings. The van der Waals surface area contributed by atoms with Crippen LogP contribution in [-0.4, -0.2) is 43.0 Å². The second kappa shape index (κ2) is 5.82. The first-order chi connectivity index (χ1) is 11.1. The van der Waals surface area contributed by atoms with Crippen molar-refractivity contribution in [1.82, 2.24) is 10.2 Å². The molecule has 0 spiro atoms. The number of benzene rings is 1. The van der Waals surface area contributed by atoms with E-state index in [-0.39, 0.29) is 12.8 Å². The van der Waals surface area contributed by atoms with Gasteiger partial charge in [-0.25, -0.2) is 8.78 Å². The van der Waals surface area contributed by atoms with Gasteiger partial charge in [0.1, 0.15) is 0 Å². The Balaban J connectivity index is 1.23. The first-order valence-electron chi connectivity index (χ1n) is 8.94. The van der Waals surface area contributed by atoms with Crippen LogP contribution in [0.3, 0.4) is 0 Å². The van der Waals surface area contributed by atoms with E-state index in [0.717, 1.165) is 13.1 Å². The highest BCUT2D eigenvalue weighted by molar-refractivity contribution is 5.27. The van der Waals surface area contributed by atoms with Gasteiger partial charge in [-0.1, -0.05) is 30.3 Å². The van der Waals surface area contributed by atoms with Gasteiger partial charge in [0.2, 0.25) is 0 Å². The first-order valence-corrected chi connectivity index (χ1v) is 8.94. The number of hydrogen-bond acceptors (Lipinski definition) is 2. The van der Waals surface area contributed by atoms with E-state index >= 15 is 0 Å². The van der Waals surface area contributed by atoms with Crippen LogP contribution in [0.2, 0.25) is 0 Å². The Morgan fingerprint density at radius 1 is 1.04 bits per heavy atom. The molecule has 2 nitrogen and oxygen atoms in total. The molecular formula is C19H26F2N2. The summed E-state index contributed by atoms with van der Waals surface area (Å²) in [5.41, 5.74) is 1.80. The van der Waals surface area contributed by atoms with Crippen LogP contribution in [0.4, 0.5) is 8.78 Å². The molecule has 1 saturated heterocycles. The van der Waals surface area contributed by atoms with Crippen LogP contribution < -0.4 is 5.32 Å². The maximum atomic E-state index is 13.3. The van der Waals surface area contributed by atoms with Crippen molar-refractivity contribution in [2.24, 2.45) is 5.41 Å². The summed E-state index contributed by atoms with van der Waals surface area (Å²) in [7, 11) is 0. The minimum Gasteiger partial charge on any atom is -0.313 e. The molecule has 1 unspecified atom stereocenters. The third-order valence-electron chi connectivity index (χ3n) is 5.86. The highest BCUT2D eigenvalue weighted by Gasteiger charge is 2.47. The van der Waals surface area contributed by atoms with Crippen LogP contribution in [-0.2, 0) is 0 Å². The zero-order valence-corrected chi connectivity index (χ0v) is 13.6. The largest absolute Gasteiger partial charge is 0.313 e. The summed E-state index contributed by atoms with van der Waals surface area (Å²) in [5, 5.41) is 3.74. The molecular weight excluding hydrogens is 294 g/mol. The average molecular weight is 320 g/mol. The summed E-state index contributed by atoms with van der Waals surface area (Å²) in [6.45, 7) is 3.17. The van der Waals surface area contributed by atoms with Crippen molar-refractivity contribution in [3.05, 3.63) is 35.9 Å². The first kappa shape index (κ1) is 15.5. The Morgan fingerprint density at radius 3 is 2.39 bits per heavy atom. The monoisotopic (exact) mass is 320 g/mol. The van der Waals surface area contributed by atoms with E-state index in [1.807, 2.05) is 0 Å². The van der Waals surface area contributed by atoms with Gasteiger partial charge in [-0.2, -0.15) is 0 Å². The summed E-state index contributed by atoms with van der Waals surface area (Å²) in [6.07, 6.45) is 3.80. The molecule has 2 aliphatic carbocycles. The van der Waals surface area contributed by atoms with Gasteiger partial charge < -0.3 is 10.2 Å². The smallest absolute Gasteiger partial charge is 0.250 e. The third-order valence-corrected chi connectivity index (χ3v) is 5.86. The molecule has 0 amide bonds. The van der Waals surface area contributed by atoms with Crippen molar-refractivity contribution in [2.45, 2.75) is 50.0 Å². The highest BCUT2D eigenvalue weighted by atomic mass is 19.3. The summed E-state index contributed by atoms with van der Waals surface area (Å²) in [6, 6.07) is 11.3. The number of hydrogen-bond donors (Lipinski definition) is 1. The minimum atomic E-state index is -2.43. The maximum Gasteiger partial charge on any atom is 0.250 e. The molecule has 23 heavy (non-hydrogen) atoms. The van der Waals surface area contributed by atoms with Crippen molar-refractivity contribution < 1.29 is 8.78 Å². The van der Waals surface area contributed by atoms with Crippen molar-refractivity contribution in [3.8, 4) is 0 Å². The predicted octanol–water partition coefficient (Wildman–Crippen LogP) is 3.64. The maximum absolute atomic E-state index is 13.3. The number of alkyl halides is 2. The zero-order valence-electron chi connectivity index (χ0n) is 13.6.